The molecular formula is C17H18F2N2O2. The van der Waals surface area contributed by atoms with Crippen molar-refractivity contribution in [3.05, 3.63) is 59.2 Å². The van der Waals surface area contributed by atoms with Crippen LogP contribution in [0.3, 0.4) is 0 Å². The monoisotopic (exact) mass is 320 g/mol. The first-order chi connectivity index (χ1) is 10.9. The van der Waals surface area contributed by atoms with Gasteiger partial charge in [0, 0.05) is 31.0 Å². The summed E-state index contributed by atoms with van der Waals surface area (Å²) in [6.07, 6.45) is 0. The lowest BCUT2D eigenvalue weighted by Crippen LogP contribution is -2.21. The number of hydrogen-bond acceptors (Lipinski definition) is 3. The summed E-state index contributed by atoms with van der Waals surface area (Å²) in [6, 6.07) is 8.79. The van der Waals surface area contributed by atoms with Gasteiger partial charge in [-0.25, -0.2) is 8.78 Å². The lowest BCUT2D eigenvalue weighted by atomic mass is 10.1. The summed E-state index contributed by atoms with van der Waals surface area (Å²) in [5, 5.41) is 11.5. The van der Waals surface area contributed by atoms with Gasteiger partial charge in [-0.3, -0.25) is 4.79 Å². The van der Waals surface area contributed by atoms with Gasteiger partial charge in [0.05, 0.1) is 12.2 Å². The van der Waals surface area contributed by atoms with Crippen molar-refractivity contribution < 1.29 is 18.7 Å². The second-order valence-corrected chi connectivity index (χ2v) is 5.23. The van der Waals surface area contributed by atoms with E-state index in [0.717, 1.165) is 5.69 Å². The van der Waals surface area contributed by atoms with Crippen molar-refractivity contribution in [2.45, 2.75) is 6.92 Å². The third-order valence-electron chi connectivity index (χ3n) is 3.49. The molecule has 0 atom stereocenters. The number of aliphatic hydroxyl groups is 1. The molecule has 0 aliphatic rings. The van der Waals surface area contributed by atoms with E-state index in [0.29, 0.717) is 18.3 Å². The second kappa shape index (κ2) is 7.19. The normalized spacial score (nSPS) is 10.5. The van der Waals surface area contributed by atoms with Crippen molar-refractivity contribution in [2.24, 2.45) is 0 Å². The number of benzene rings is 2. The fourth-order valence-electron chi connectivity index (χ4n) is 2.11. The third kappa shape index (κ3) is 4.04. The highest BCUT2D eigenvalue weighted by atomic mass is 19.1. The van der Waals surface area contributed by atoms with Crippen molar-refractivity contribution in [2.75, 3.05) is 30.4 Å². The molecule has 2 N–H and O–H groups in total. The number of rotatable bonds is 5. The summed E-state index contributed by atoms with van der Waals surface area (Å²) in [5.74, 6) is -2.22. The van der Waals surface area contributed by atoms with E-state index in [1.807, 2.05) is 11.9 Å². The summed E-state index contributed by atoms with van der Waals surface area (Å²) in [4.78, 5) is 14.0. The highest BCUT2D eigenvalue weighted by Crippen LogP contribution is 2.19. The van der Waals surface area contributed by atoms with E-state index in [1.54, 1.807) is 24.3 Å². The highest BCUT2D eigenvalue weighted by Gasteiger charge is 2.14. The molecule has 0 radical (unpaired) electrons. The largest absolute Gasteiger partial charge is 0.395 e. The maximum atomic E-state index is 13.7. The van der Waals surface area contributed by atoms with Crippen LogP contribution in [0.2, 0.25) is 0 Å². The Morgan fingerprint density at radius 2 is 1.83 bits per heavy atom. The average molecular weight is 320 g/mol. The zero-order valence-corrected chi connectivity index (χ0v) is 12.9. The first-order valence-electron chi connectivity index (χ1n) is 7.11. The van der Waals surface area contributed by atoms with E-state index >= 15 is 0 Å². The predicted octanol–water partition coefficient (Wildman–Crippen LogP) is 2.95. The SMILES string of the molecule is Cc1cc(C(=O)Nc2ccc(N(C)CCO)cc2)c(F)cc1F. The number of hydrogen-bond donors (Lipinski definition) is 2. The van der Waals surface area contributed by atoms with Crippen LogP contribution in [0.1, 0.15) is 15.9 Å². The van der Waals surface area contributed by atoms with E-state index in [9.17, 15) is 13.6 Å². The van der Waals surface area contributed by atoms with Crippen molar-refractivity contribution in [3.8, 4) is 0 Å². The van der Waals surface area contributed by atoms with E-state index in [2.05, 4.69) is 5.32 Å². The Hall–Kier alpha value is -2.47. The summed E-state index contributed by atoms with van der Waals surface area (Å²) in [6.45, 7) is 2.00. The van der Waals surface area contributed by atoms with Crippen LogP contribution in [0, 0.1) is 18.6 Å². The molecule has 0 saturated heterocycles. The summed E-state index contributed by atoms with van der Waals surface area (Å²) >= 11 is 0. The number of aliphatic hydroxyl groups excluding tert-OH is 1. The van der Waals surface area contributed by atoms with Gasteiger partial charge in [-0.05, 0) is 42.8 Å². The first-order valence-corrected chi connectivity index (χ1v) is 7.11. The van der Waals surface area contributed by atoms with Crippen LogP contribution in [-0.2, 0) is 0 Å². The van der Waals surface area contributed by atoms with Gasteiger partial charge in [-0.2, -0.15) is 0 Å². The van der Waals surface area contributed by atoms with Gasteiger partial charge in [-0.1, -0.05) is 0 Å². The van der Waals surface area contributed by atoms with E-state index in [4.69, 9.17) is 5.11 Å². The number of halogens is 2. The number of likely N-dealkylation sites (N-methyl/N-ethyl adjacent to an activating group) is 1. The average Bonchev–Trinajstić information content (AvgIpc) is 2.51. The van der Waals surface area contributed by atoms with Crippen molar-refractivity contribution in [3.63, 3.8) is 0 Å². The molecule has 6 heteroatoms. The minimum atomic E-state index is -0.898. The minimum Gasteiger partial charge on any atom is -0.395 e. The Labute approximate surface area is 133 Å². The zero-order valence-electron chi connectivity index (χ0n) is 12.9. The summed E-state index contributed by atoms with van der Waals surface area (Å²) in [7, 11) is 1.83. The number of anilines is 2. The highest BCUT2D eigenvalue weighted by molar-refractivity contribution is 6.04. The molecule has 122 valence electrons. The Bertz CT molecular complexity index is 702. The molecule has 0 aromatic heterocycles. The van der Waals surface area contributed by atoms with Crippen LogP contribution < -0.4 is 10.2 Å². The van der Waals surface area contributed by atoms with Crippen molar-refractivity contribution >= 4 is 17.3 Å². The fraction of sp³-hybridized carbons (Fsp3) is 0.235. The van der Waals surface area contributed by atoms with Gasteiger partial charge in [-0.15, -0.1) is 0 Å². The third-order valence-corrected chi connectivity index (χ3v) is 3.49. The molecule has 0 heterocycles. The minimum absolute atomic E-state index is 0.0399. The van der Waals surface area contributed by atoms with Gasteiger partial charge in [0.1, 0.15) is 11.6 Å². The van der Waals surface area contributed by atoms with Crippen LogP contribution >= 0.6 is 0 Å². The molecule has 0 bridgehead atoms. The quantitative estimate of drug-likeness (QED) is 0.890. The van der Waals surface area contributed by atoms with Crippen LogP contribution in [0.4, 0.5) is 20.2 Å². The van der Waals surface area contributed by atoms with Crippen molar-refractivity contribution in [1.82, 2.24) is 0 Å². The molecule has 0 unspecified atom stereocenters. The van der Waals surface area contributed by atoms with Crippen LogP contribution in [0.5, 0.6) is 0 Å². The molecule has 2 aromatic rings. The first kappa shape index (κ1) is 16.9. The molecule has 23 heavy (non-hydrogen) atoms. The molecule has 4 nitrogen and oxygen atoms in total. The molecule has 0 saturated carbocycles. The number of carbonyl (C=O) groups excluding carboxylic acids is 1. The molecule has 0 fully saturated rings. The topological polar surface area (TPSA) is 52.6 Å². The molecule has 0 aliphatic carbocycles. The van der Waals surface area contributed by atoms with E-state index in [1.165, 1.54) is 13.0 Å². The fourth-order valence-corrected chi connectivity index (χ4v) is 2.11. The predicted molar refractivity (Wildman–Crippen MR) is 85.8 cm³/mol. The van der Waals surface area contributed by atoms with Crippen molar-refractivity contribution in [1.29, 1.82) is 0 Å². The van der Waals surface area contributed by atoms with Gasteiger partial charge < -0.3 is 15.3 Å². The van der Waals surface area contributed by atoms with Gasteiger partial charge in [0.2, 0.25) is 0 Å². The number of nitrogens with one attached hydrogen (secondary N) is 1. The number of nitrogens with zero attached hydrogens (tertiary/aromatic N) is 1. The van der Waals surface area contributed by atoms with Crippen LogP contribution in [-0.4, -0.2) is 31.2 Å². The molecule has 1 amide bonds. The van der Waals surface area contributed by atoms with Gasteiger partial charge in [0.15, 0.2) is 0 Å². The number of amides is 1. The maximum Gasteiger partial charge on any atom is 0.258 e. The molecule has 2 aromatic carbocycles. The van der Waals surface area contributed by atoms with E-state index in [-0.39, 0.29) is 17.7 Å². The Morgan fingerprint density at radius 1 is 1.17 bits per heavy atom. The Kier molecular flexibility index (Phi) is 5.28. The van der Waals surface area contributed by atoms with Gasteiger partial charge >= 0.3 is 0 Å². The number of aryl methyl sites for hydroxylation is 1. The lowest BCUT2D eigenvalue weighted by molar-refractivity contribution is 0.102. The molecule has 0 spiro atoms. The van der Waals surface area contributed by atoms with Crippen LogP contribution in [0.25, 0.3) is 0 Å². The van der Waals surface area contributed by atoms with E-state index < -0.39 is 17.5 Å². The Morgan fingerprint density at radius 3 is 2.43 bits per heavy atom. The van der Waals surface area contributed by atoms with Gasteiger partial charge in [0.25, 0.3) is 5.91 Å². The summed E-state index contributed by atoms with van der Waals surface area (Å²) < 4.78 is 26.9. The van der Waals surface area contributed by atoms with Crippen LogP contribution in [0.15, 0.2) is 36.4 Å². The Balaban J connectivity index is 2.13. The smallest absolute Gasteiger partial charge is 0.258 e. The zero-order chi connectivity index (χ0) is 17.0. The lowest BCUT2D eigenvalue weighted by Gasteiger charge is -2.18. The number of carbonyl (C=O) groups is 1. The molecule has 0 aliphatic heterocycles. The standard InChI is InChI=1S/C17H18F2N2O2/c1-11-9-14(16(19)10-15(11)18)17(23)20-12-3-5-13(6-4-12)21(2)7-8-22/h3-6,9-10,22H,7-8H2,1-2H3,(H,20,23). The molecule has 2 rings (SSSR count). The molecular weight excluding hydrogens is 302 g/mol. The maximum absolute atomic E-state index is 13.7. The summed E-state index contributed by atoms with van der Waals surface area (Å²) in [5.41, 5.74) is 1.38. The second-order valence-electron chi connectivity index (χ2n) is 5.23.